The van der Waals surface area contributed by atoms with Crippen molar-refractivity contribution in [3.63, 3.8) is 0 Å². The topological polar surface area (TPSA) is 49.3 Å². The quantitative estimate of drug-likeness (QED) is 0.738. The van der Waals surface area contributed by atoms with Gasteiger partial charge in [-0.2, -0.15) is 0 Å². The first kappa shape index (κ1) is 13.9. The first-order chi connectivity index (χ1) is 8.08. The largest absolute Gasteiger partial charge is 0.395 e. The Morgan fingerprint density at radius 2 is 2.18 bits per heavy atom. The van der Waals surface area contributed by atoms with Crippen LogP contribution in [-0.2, 0) is 6.42 Å². The lowest BCUT2D eigenvalue weighted by molar-refractivity contribution is 0.0984. The Morgan fingerprint density at radius 1 is 1.47 bits per heavy atom. The second-order valence-electron chi connectivity index (χ2n) is 4.38. The van der Waals surface area contributed by atoms with Gasteiger partial charge in [0.2, 0.25) is 0 Å². The van der Waals surface area contributed by atoms with Crippen LogP contribution in [0.4, 0.5) is 0 Å². The second-order valence-corrected chi connectivity index (χ2v) is 4.38. The van der Waals surface area contributed by atoms with E-state index in [0.29, 0.717) is 0 Å². The maximum atomic E-state index is 11.9. The normalized spacial score (nSPS) is 12.5. The van der Waals surface area contributed by atoms with Crippen LogP contribution < -0.4 is 5.32 Å². The maximum absolute atomic E-state index is 11.9. The summed E-state index contributed by atoms with van der Waals surface area (Å²) in [5.41, 5.74) is 3.18. The van der Waals surface area contributed by atoms with Gasteiger partial charge in [-0.1, -0.05) is 19.1 Å². The van der Waals surface area contributed by atoms with Crippen molar-refractivity contribution in [2.75, 3.05) is 13.2 Å². The van der Waals surface area contributed by atoms with E-state index in [1.807, 2.05) is 25.1 Å². The van der Waals surface area contributed by atoms with Gasteiger partial charge in [0.15, 0.2) is 5.78 Å². The molecule has 1 atom stereocenters. The number of aryl methyl sites for hydroxylation is 2. The Kier molecular flexibility index (Phi) is 5.32. The molecule has 17 heavy (non-hydrogen) atoms. The second kappa shape index (κ2) is 6.52. The average molecular weight is 235 g/mol. The van der Waals surface area contributed by atoms with Gasteiger partial charge in [-0.05, 0) is 37.5 Å². The van der Waals surface area contributed by atoms with E-state index in [1.165, 1.54) is 11.1 Å². The number of rotatable bonds is 6. The van der Waals surface area contributed by atoms with E-state index in [4.69, 9.17) is 5.11 Å². The fraction of sp³-hybridized carbons (Fsp3) is 0.500. The number of hydrogen-bond donors (Lipinski definition) is 2. The summed E-state index contributed by atoms with van der Waals surface area (Å²) in [4.78, 5) is 11.9. The molecule has 0 spiro atoms. The number of Topliss-reactive ketones (excluding diaryl/α,β-unsaturated/α-hetero) is 1. The number of carbonyl (C=O) groups excluding carboxylic acids is 1. The maximum Gasteiger partial charge on any atom is 0.176 e. The standard InChI is InChI=1S/C14H21NO2/c1-4-12-7-13(6-5-10(12)2)14(17)8-15-11(3)9-16/h5-7,11,15-16H,4,8-9H2,1-3H3. The summed E-state index contributed by atoms with van der Waals surface area (Å²) in [5.74, 6) is 0.0694. The molecule has 0 aromatic heterocycles. The molecule has 2 N–H and O–H groups in total. The minimum atomic E-state index is -0.0463. The van der Waals surface area contributed by atoms with Gasteiger partial charge in [0.1, 0.15) is 0 Å². The predicted molar refractivity (Wildman–Crippen MR) is 69.4 cm³/mol. The Labute approximate surface area is 103 Å². The Morgan fingerprint density at radius 3 is 2.76 bits per heavy atom. The minimum absolute atomic E-state index is 0.0430. The molecule has 3 heteroatoms. The Bertz CT molecular complexity index is 388. The highest BCUT2D eigenvalue weighted by atomic mass is 16.3. The van der Waals surface area contributed by atoms with Crippen molar-refractivity contribution in [1.82, 2.24) is 5.32 Å². The van der Waals surface area contributed by atoms with Crippen LogP contribution in [-0.4, -0.2) is 30.1 Å². The number of hydrogen-bond acceptors (Lipinski definition) is 3. The monoisotopic (exact) mass is 235 g/mol. The van der Waals surface area contributed by atoms with Crippen molar-refractivity contribution in [2.45, 2.75) is 33.2 Å². The smallest absolute Gasteiger partial charge is 0.176 e. The molecule has 0 radical (unpaired) electrons. The summed E-state index contributed by atoms with van der Waals surface area (Å²) in [5, 5.41) is 11.8. The number of nitrogens with one attached hydrogen (secondary N) is 1. The first-order valence-corrected chi connectivity index (χ1v) is 6.05. The summed E-state index contributed by atoms with van der Waals surface area (Å²) >= 11 is 0. The van der Waals surface area contributed by atoms with Crippen molar-refractivity contribution in [3.8, 4) is 0 Å². The van der Waals surface area contributed by atoms with Crippen LogP contribution in [0.2, 0.25) is 0 Å². The molecule has 0 aliphatic carbocycles. The average Bonchev–Trinajstić information content (AvgIpc) is 2.35. The third-order valence-corrected chi connectivity index (χ3v) is 2.94. The molecule has 0 saturated carbocycles. The Hall–Kier alpha value is -1.19. The minimum Gasteiger partial charge on any atom is -0.395 e. The molecule has 1 aromatic rings. The van der Waals surface area contributed by atoms with E-state index in [-0.39, 0.29) is 25.0 Å². The van der Waals surface area contributed by atoms with Crippen molar-refractivity contribution < 1.29 is 9.90 Å². The van der Waals surface area contributed by atoms with E-state index in [2.05, 4.69) is 19.2 Å². The molecule has 1 aromatic carbocycles. The van der Waals surface area contributed by atoms with Gasteiger partial charge in [-0.3, -0.25) is 4.79 Å². The van der Waals surface area contributed by atoms with Crippen LogP contribution in [0.5, 0.6) is 0 Å². The highest BCUT2D eigenvalue weighted by Crippen LogP contribution is 2.12. The third kappa shape index (κ3) is 3.95. The van der Waals surface area contributed by atoms with Gasteiger partial charge in [-0.15, -0.1) is 0 Å². The zero-order chi connectivity index (χ0) is 12.8. The lowest BCUT2D eigenvalue weighted by Crippen LogP contribution is -2.33. The Balaban J connectivity index is 2.69. The van der Waals surface area contributed by atoms with Gasteiger partial charge >= 0.3 is 0 Å². The highest BCUT2D eigenvalue weighted by Gasteiger charge is 2.08. The lowest BCUT2D eigenvalue weighted by Gasteiger charge is -2.11. The SMILES string of the molecule is CCc1cc(C(=O)CNC(C)CO)ccc1C. The molecule has 0 amide bonds. The third-order valence-electron chi connectivity index (χ3n) is 2.94. The van der Waals surface area contributed by atoms with Crippen LogP contribution in [0.15, 0.2) is 18.2 Å². The number of aliphatic hydroxyl groups excluding tert-OH is 1. The van der Waals surface area contributed by atoms with E-state index in [1.54, 1.807) is 0 Å². The molecule has 0 heterocycles. The van der Waals surface area contributed by atoms with Crippen LogP contribution in [0.3, 0.4) is 0 Å². The summed E-state index contributed by atoms with van der Waals surface area (Å²) in [6.45, 7) is 6.30. The molecule has 0 aliphatic rings. The number of benzene rings is 1. The predicted octanol–water partition coefficient (Wildman–Crippen LogP) is 1.71. The van der Waals surface area contributed by atoms with Gasteiger partial charge in [-0.25, -0.2) is 0 Å². The molecule has 0 bridgehead atoms. The van der Waals surface area contributed by atoms with Crippen molar-refractivity contribution in [2.24, 2.45) is 0 Å². The molecular weight excluding hydrogens is 214 g/mol. The zero-order valence-corrected chi connectivity index (χ0v) is 10.8. The summed E-state index contributed by atoms with van der Waals surface area (Å²) in [6, 6.07) is 5.77. The molecule has 3 nitrogen and oxygen atoms in total. The first-order valence-electron chi connectivity index (χ1n) is 6.05. The molecule has 1 rings (SSSR count). The summed E-state index contributed by atoms with van der Waals surface area (Å²) < 4.78 is 0. The fourth-order valence-electron chi connectivity index (χ4n) is 1.66. The molecular formula is C14H21NO2. The molecule has 94 valence electrons. The van der Waals surface area contributed by atoms with Crippen LogP contribution in [0.25, 0.3) is 0 Å². The van der Waals surface area contributed by atoms with E-state index in [9.17, 15) is 4.79 Å². The fourth-order valence-corrected chi connectivity index (χ4v) is 1.66. The number of ketones is 1. The number of aliphatic hydroxyl groups is 1. The van der Waals surface area contributed by atoms with E-state index >= 15 is 0 Å². The van der Waals surface area contributed by atoms with E-state index in [0.717, 1.165) is 12.0 Å². The summed E-state index contributed by atoms with van der Waals surface area (Å²) in [6.07, 6.45) is 0.938. The van der Waals surface area contributed by atoms with Crippen molar-refractivity contribution in [3.05, 3.63) is 34.9 Å². The summed E-state index contributed by atoms with van der Waals surface area (Å²) in [7, 11) is 0. The zero-order valence-electron chi connectivity index (χ0n) is 10.8. The van der Waals surface area contributed by atoms with Gasteiger partial charge in [0, 0.05) is 11.6 Å². The van der Waals surface area contributed by atoms with Crippen molar-refractivity contribution in [1.29, 1.82) is 0 Å². The van der Waals surface area contributed by atoms with Crippen LogP contribution >= 0.6 is 0 Å². The molecule has 0 fully saturated rings. The molecule has 0 aliphatic heterocycles. The van der Waals surface area contributed by atoms with Gasteiger partial charge in [0.25, 0.3) is 0 Å². The van der Waals surface area contributed by atoms with Gasteiger partial charge in [0.05, 0.1) is 13.2 Å². The molecule has 0 saturated heterocycles. The lowest BCUT2D eigenvalue weighted by atomic mass is 10.0. The number of carbonyl (C=O) groups is 1. The van der Waals surface area contributed by atoms with E-state index < -0.39 is 0 Å². The highest BCUT2D eigenvalue weighted by molar-refractivity contribution is 5.97. The van der Waals surface area contributed by atoms with Crippen LogP contribution in [0, 0.1) is 6.92 Å². The van der Waals surface area contributed by atoms with Crippen molar-refractivity contribution >= 4 is 5.78 Å². The van der Waals surface area contributed by atoms with Crippen LogP contribution in [0.1, 0.15) is 35.3 Å². The molecule has 1 unspecified atom stereocenters. The van der Waals surface area contributed by atoms with Gasteiger partial charge < -0.3 is 10.4 Å².